The van der Waals surface area contributed by atoms with E-state index in [1.54, 1.807) is 12.1 Å². The average molecular weight is 229 g/mol. The molecule has 0 radical (unpaired) electrons. The quantitative estimate of drug-likeness (QED) is 0.343. The number of alkyl halides is 2. The van der Waals surface area contributed by atoms with Crippen molar-refractivity contribution in [1.29, 1.82) is 0 Å². The number of nitrogens with zero attached hydrogens (tertiary/aromatic N) is 1. The van der Waals surface area contributed by atoms with Gasteiger partial charge < -0.3 is 0 Å². The fourth-order valence-corrected chi connectivity index (χ4v) is 1.95. The molecule has 0 unspecified atom stereocenters. The maximum Gasteiger partial charge on any atom is 0.380 e. The molecule has 0 bridgehead atoms. The van der Waals surface area contributed by atoms with Crippen molar-refractivity contribution in [3.63, 3.8) is 0 Å². The Balaban J connectivity index is 3.17. The van der Waals surface area contributed by atoms with Gasteiger partial charge in [0.25, 0.3) is 0 Å². The van der Waals surface area contributed by atoms with Crippen LogP contribution in [0.4, 0.5) is 8.78 Å². The van der Waals surface area contributed by atoms with Gasteiger partial charge in [0, 0.05) is 4.90 Å². The van der Waals surface area contributed by atoms with Crippen molar-refractivity contribution in [2.75, 3.05) is 5.75 Å². The Morgan fingerprint density at radius 1 is 1.47 bits per heavy atom. The van der Waals surface area contributed by atoms with Gasteiger partial charge in [0.2, 0.25) is 6.08 Å². The van der Waals surface area contributed by atoms with Crippen LogP contribution in [0.1, 0.15) is 12.5 Å². The highest BCUT2D eigenvalue weighted by Gasteiger charge is 2.33. The lowest BCUT2D eigenvalue weighted by molar-refractivity contribution is 0.00341. The molecule has 0 heterocycles. The average Bonchev–Trinajstić information content (AvgIpc) is 2.19. The third kappa shape index (κ3) is 2.88. The predicted molar refractivity (Wildman–Crippen MR) is 54.9 cm³/mol. The third-order valence-corrected chi connectivity index (χ3v) is 2.65. The van der Waals surface area contributed by atoms with E-state index < -0.39 is 6.05 Å². The van der Waals surface area contributed by atoms with Crippen LogP contribution in [-0.2, 0) is 10.8 Å². The SMILES string of the molecule is CCSc1ccccc1C(F)(F)N=C=O. The molecule has 0 aliphatic rings. The van der Waals surface area contributed by atoms with Gasteiger partial charge in [-0.2, -0.15) is 8.78 Å². The zero-order chi connectivity index (χ0) is 11.3. The molecular formula is C10H9F2NOS. The van der Waals surface area contributed by atoms with Crippen molar-refractivity contribution in [3.05, 3.63) is 29.8 Å². The number of hydrogen-bond acceptors (Lipinski definition) is 3. The number of isocyanates is 1. The van der Waals surface area contributed by atoms with E-state index in [0.29, 0.717) is 10.6 Å². The minimum absolute atomic E-state index is 0.250. The summed E-state index contributed by atoms with van der Waals surface area (Å²) in [5, 5.41) is 0. The molecule has 0 aromatic heterocycles. The molecule has 80 valence electrons. The summed E-state index contributed by atoms with van der Waals surface area (Å²) in [5.74, 6) is 0.678. The molecule has 0 saturated heterocycles. The summed E-state index contributed by atoms with van der Waals surface area (Å²) >= 11 is 1.28. The van der Waals surface area contributed by atoms with Gasteiger partial charge in [-0.05, 0) is 17.9 Å². The Kier molecular flexibility index (Phi) is 4.00. The maximum absolute atomic E-state index is 13.3. The smallest absolute Gasteiger partial charge is 0.211 e. The first-order valence-corrected chi connectivity index (χ1v) is 5.29. The standard InChI is InChI=1S/C10H9F2NOS/c1-2-15-9-6-4-3-5-8(9)10(11,12)13-7-14/h3-6H,2H2,1H3. The summed E-state index contributed by atoms with van der Waals surface area (Å²) in [7, 11) is 0. The molecule has 0 atom stereocenters. The van der Waals surface area contributed by atoms with E-state index in [1.165, 1.54) is 23.9 Å². The van der Waals surface area contributed by atoms with Crippen LogP contribution in [0.2, 0.25) is 0 Å². The van der Waals surface area contributed by atoms with E-state index in [1.807, 2.05) is 6.92 Å². The largest absolute Gasteiger partial charge is 0.380 e. The number of carbonyl (C=O) groups excluding carboxylic acids is 1. The predicted octanol–water partition coefficient (Wildman–Crippen LogP) is 3.18. The summed E-state index contributed by atoms with van der Waals surface area (Å²) in [4.78, 5) is 12.8. The zero-order valence-electron chi connectivity index (χ0n) is 8.04. The molecule has 0 spiro atoms. The molecule has 1 rings (SSSR count). The number of thioether (sulfide) groups is 1. The second kappa shape index (κ2) is 5.05. The van der Waals surface area contributed by atoms with Gasteiger partial charge in [-0.15, -0.1) is 16.8 Å². The fourth-order valence-electron chi connectivity index (χ4n) is 1.11. The van der Waals surface area contributed by atoms with Crippen molar-refractivity contribution in [3.8, 4) is 0 Å². The molecule has 0 aliphatic carbocycles. The van der Waals surface area contributed by atoms with E-state index in [9.17, 15) is 13.6 Å². The summed E-state index contributed by atoms with van der Waals surface area (Å²) in [6, 6.07) is 2.52. The molecule has 1 aromatic rings. The van der Waals surface area contributed by atoms with Crippen LogP contribution in [0.15, 0.2) is 34.2 Å². The van der Waals surface area contributed by atoms with E-state index in [-0.39, 0.29) is 5.56 Å². The van der Waals surface area contributed by atoms with Gasteiger partial charge in [-0.1, -0.05) is 19.1 Å². The van der Waals surface area contributed by atoms with Crippen molar-refractivity contribution >= 4 is 17.8 Å². The van der Waals surface area contributed by atoms with Gasteiger partial charge >= 0.3 is 6.05 Å². The Bertz CT molecular complexity index is 389. The van der Waals surface area contributed by atoms with Crippen LogP contribution < -0.4 is 0 Å². The van der Waals surface area contributed by atoms with Crippen LogP contribution in [0.5, 0.6) is 0 Å². The number of hydrogen-bond donors (Lipinski definition) is 0. The highest BCUT2D eigenvalue weighted by Crippen LogP contribution is 2.35. The highest BCUT2D eigenvalue weighted by molar-refractivity contribution is 7.99. The number of halogens is 2. The molecule has 0 aliphatic heterocycles. The minimum Gasteiger partial charge on any atom is -0.211 e. The van der Waals surface area contributed by atoms with E-state index >= 15 is 0 Å². The normalized spacial score (nSPS) is 10.9. The van der Waals surface area contributed by atoms with E-state index in [0.717, 1.165) is 6.08 Å². The van der Waals surface area contributed by atoms with Crippen LogP contribution in [0.25, 0.3) is 0 Å². The Hall–Kier alpha value is -1.19. The molecule has 15 heavy (non-hydrogen) atoms. The second-order valence-corrected chi connectivity index (χ2v) is 3.98. The lowest BCUT2D eigenvalue weighted by atomic mass is 10.2. The molecule has 2 nitrogen and oxygen atoms in total. The summed E-state index contributed by atoms with van der Waals surface area (Å²) < 4.78 is 26.6. The molecule has 5 heteroatoms. The summed E-state index contributed by atoms with van der Waals surface area (Å²) in [6.45, 7) is 1.86. The van der Waals surface area contributed by atoms with E-state index in [4.69, 9.17) is 0 Å². The first-order valence-electron chi connectivity index (χ1n) is 4.31. The molecule has 0 fully saturated rings. The first-order chi connectivity index (χ1) is 7.11. The second-order valence-electron chi connectivity index (χ2n) is 2.67. The number of benzene rings is 1. The minimum atomic E-state index is -3.49. The van der Waals surface area contributed by atoms with Gasteiger partial charge in [0.1, 0.15) is 0 Å². The molecular weight excluding hydrogens is 220 g/mol. The molecule has 0 amide bonds. The molecule has 0 saturated carbocycles. The zero-order valence-corrected chi connectivity index (χ0v) is 8.85. The summed E-state index contributed by atoms with van der Waals surface area (Å²) in [6.07, 6.45) is 0.892. The van der Waals surface area contributed by atoms with Gasteiger partial charge in [-0.25, -0.2) is 4.79 Å². The van der Waals surface area contributed by atoms with Crippen molar-refractivity contribution in [2.24, 2.45) is 4.99 Å². The Morgan fingerprint density at radius 3 is 2.73 bits per heavy atom. The van der Waals surface area contributed by atoms with E-state index in [2.05, 4.69) is 4.99 Å². The maximum atomic E-state index is 13.3. The number of aliphatic imine (C=N–C) groups is 1. The highest BCUT2D eigenvalue weighted by atomic mass is 32.2. The lowest BCUT2D eigenvalue weighted by Crippen LogP contribution is -2.10. The molecule has 1 aromatic carbocycles. The van der Waals surface area contributed by atoms with Crippen LogP contribution in [-0.4, -0.2) is 11.8 Å². The van der Waals surface area contributed by atoms with Crippen molar-refractivity contribution in [2.45, 2.75) is 17.9 Å². The number of rotatable bonds is 4. The fraction of sp³-hybridized carbons (Fsp3) is 0.300. The van der Waals surface area contributed by atoms with Gasteiger partial charge in [0.15, 0.2) is 0 Å². The topological polar surface area (TPSA) is 29.4 Å². The monoisotopic (exact) mass is 229 g/mol. The molecule has 0 N–H and O–H groups in total. The third-order valence-electron chi connectivity index (χ3n) is 1.70. The van der Waals surface area contributed by atoms with Gasteiger partial charge in [-0.3, -0.25) is 0 Å². The van der Waals surface area contributed by atoms with Crippen molar-refractivity contribution in [1.82, 2.24) is 0 Å². The van der Waals surface area contributed by atoms with Crippen LogP contribution >= 0.6 is 11.8 Å². The van der Waals surface area contributed by atoms with Gasteiger partial charge in [0.05, 0.1) is 5.56 Å². The lowest BCUT2D eigenvalue weighted by Gasteiger charge is -2.13. The summed E-state index contributed by atoms with van der Waals surface area (Å²) in [5.41, 5.74) is -0.250. The van der Waals surface area contributed by atoms with Crippen molar-refractivity contribution < 1.29 is 13.6 Å². The Labute approximate surface area is 90.4 Å². The Morgan fingerprint density at radius 2 is 2.13 bits per heavy atom. The van der Waals surface area contributed by atoms with Crippen LogP contribution in [0.3, 0.4) is 0 Å². The first kappa shape index (κ1) is 11.9. The van der Waals surface area contributed by atoms with Crippen LogP contribution in [0, 0.1) is 0 Å².